The van der Waals surface area contributed by atoms with E-state index in [0.29, 0.717) is 5.92 Å². The van der Waals surface area contributed by atoms with Crippen molar-refractivity contribution in [2.24, 2.45) is 11.8 Å². The van der Waals surface area contributed by atoms with Crippen LogP contribution in [0.5, 0.6) is 0 Å². The van der Waals surface area contributed by atoms with Gasteiger partial charge < -0.3 is 10.6 Å². The van der Waals surface area contributed by atoms with Crippen molar-refractivity contribution in [3.05, 3.63) is 11.4 Å². The smallest absolute Gasteiger partial charge is 0.135 e. The highest BCUT2D eigenvalue weighted by atomic mass is 15.1. The molecular weight excluding hydrogens is 260 g/mol. The lowest BCUT2D eigenvalue weighted by atomic mass is 10.1. The normalized spacial score (nSPS) is 21.8. The minimum atomic E-state index is 0.343. The number of aromatic nitrogens is 2. The lowest BCUT2D eigenvalue weighted by Gasteiger charge is -2.17. The standard InChI is InChI=1S/C17H30N4/c1-6-18-16-13(5)17(21-15(20-16)11(2)3)19-10-14-8-7-12(4)9-14/h11-12,14H,6-10H2,1-5H3,(H2,18,19,20,21). The molecule has 0 radical (unpaired) electrons. The van der Waals surface area contributed by atoms with Crippen LogP contribution in [0.3, 0.4) is 0 Å². The number of anilines is 2. The Morgan fingerprint density at radius 3 is 2.33 bits per heavy atom. The molecule has 0 bridgehead atoms. The first-order valence-corrected chi connectivity index (χ1v) is 8.37. The number of hydrogen-bond donors (Lipinski definition) is 2. The minimum Gasteiger partial charge on any atom is -0.370 e. The summed E-state index contributed by atoms with van der Waals surface area (Å²) in [5.74, 6) is 4.91. The topological polar surface area (TPSA) is 49.8 Å². The highest BCUT2D eigenvalue weighted by molar-refractivity contribution is 5.57. The van der Waals surface area contributed by atoms with Gasteiger partial charge in [-0.1, -0.05) is 27.2 Å². The average molecular weight is 290 g/mol. The first-order valence-electron chi connectivity index (χ1n) is 8.37. The van der Waals surface area contributed by atoms with E-state index in [1.807, 2.05) is 0 Å². The van der Waals surface area contributed by atoms with Gasteiger partial charge in [-0.25, -0.2) is 9.97 Å². The zero-order valence-corrected chi connectivity index (χ0v) is 14.2. The summed E-state index contributed by atoms with van der Waals surface area (Å²) in [4.78, 5) is 9.38. The van der Waals surface area contributed by atoms with E-state index in [9.17, 15) is 0 Å². The molecule has 4 heteroatoms. The first kappa shape index (κ1) is 16.1. The van der Waals surface area contributed by atoms with E-state index in [4.69, 9.17) is 4.98 Å². The molecule has 2 N–H and O–H groups in total. The maximum Gasteiger partial charge on any atom is 0.135 e. The molecule has 1 fully saturated rings. The Morgan fingerprint density at radius 2 is 1.81 bits per heavy atom. The largest absolute Gasteiger partial charge is 0.370 e. The van der Waals surface area contributed by atoms with Crippen LogP contribution in [0.1, 0.15) is 64.3 Å². The van der Waals surface area contributed by atoms with E-state index in [2.05, 4.69) is 50.2 Å². The molecule has 0 aliphatic heterocycles. The lowest BCUT2D eigenvalue weighted by Crippen LogP contribution is -2.16. The van der Waals surface area contributed by atoms with Gasteiger partial charge >= 0.3 is 0 Å². The van der Waals surface area contributed by atoms with Crippen LogP contribution in [0.25, 0.3) is 0 Å². The summed E-state index contributed by atoms with van der Waals surface area (Å²) in [6.45, 7) is 12.8. The van der Waals surface area contributed by atoms with Crippen LogP contribution < -0.4 is 10.6 Å². The Labute approximate surface area is 129 Å². The van der Waals surface area contributed by atoms with Gasteiger partial charge in [0.25, 0.3) is 0 Å². The second kappa shape index (κ2) is 7.10. The van der Waals surface area contributed by atoms with Gasteiger partial charge in [0.2, 0.25) is 0 Å². The van der Waals surface area contributed by atoms with E-state index in [1.54, 1.807) is 0 Å². The van der Waals surface area contributed by atoms with Gasteiger partial charge in [-0.3, -0.25) is 0 Å². The minimum absolute atomic E-state index is 0.343. The molecular formula is C17H30N4. The van der Waals surface area contributed by atoms with E-state index in [1.165, 1.54) is 19.3 Å². The SMILES string of the molecule is CCNc1nc(C(C)C)nc(NCC2CCC(C)C2)c1C. The molecule has 118 valence electrons. The fourth-order valence-electron chi connectivity index (χ4n) is 3.06. The van der Waals surface area contributed by atoms with Crippen molar-refractivity contribution in [3.63, 3.8) is 0 Å². The van der Waals surface area contributed by atoms with Gasteiger partial charge in [0, 0.05) is 24.6 Å². The maximum atomic E-state index is 4.73. The predicted octanol–water partition coefficient (Wildman–Crippen LogP) is 4.19. The molecule has 1 aromatic rings. The number of nitrogens with one attached hydrogen (secondary N) is 2. The third-order valence-corrected chi connectivity index (χ3v) is 4.39. The van der Waals surface area contributed by atoms with Gasteiger partial charge in [0.15, 0.2) is 0 Å². The van der Waals surface area contributed by atoms with Crippen LogP contribution >= 0.6 is 0 Å². The molecule has 2 unspecified atom stereocenters. The molecule has 0 spiro atoms. The number of nitrogens with zero attached hydrogens (tertiary/aromatic N) is 2. The van der Waals surface area contributed by atoms with Crippen LogP contribution in [0.4, 0.5) is 11.6 Å². The lowest BCUT2D eigenvalue weighted by molar-refractivity contribution is 0.536. The van der Waals surface area contributed by atoms with Crippen molar-refractivity contribution in [3.8, 4) is 0 Å². The highest BCUT2D eigenvalue weighted by Crippen LogP contribution is 2.31. The Morgan fingerprint density at radius 1 is 1.14 bits per heavy atom. The van der Waals surface area contributed by atoms with Crippen molar-refractivity contribution < 1.29 is 0 Å². The first-order chi connectivity index (χ1) is 10.0. The molecule has 1 heterocycles. The molecule has 0 aromatic carbocycles. The Balaban J connectivity index is 2.12. The number of rotatable bonds is 6. The van der Waals surface area contributed by atoms with Crippen LogP contribution in [-0.2, 0) is 0 Å². The quantitative estimate of drug-likeness (QED) is 0.825. The summed E-state index contributed by atoms with van der Waals surface area (Å²) in [6.07, 6.45) is 4.05. The molecule has 1 aliphatic rings. The molecule has 1 aliphatic carbocycles. The second-order valence-electron chi connectivity index (χ2n) is 6.75. The van der Waals surface area contributed by atoms with Crippen molar-refractivity contribution in [1.29, 1.82) is 0 Å². The average Bonchev–Trinajstić information content (AvgIpc) is 2.85. The molecule has 4 nitrogen and oxygen atoms in total. The molecule has 0 saturated heterocycles. The van der Waals surface area contributed by atoms with Crippen molar-refractivity contribution in [2.75, 3.05) is 23.7 Å². The highest BCUT2D eigenvalue weighted by Gasteiger charge is 2.21. The van der Waals surface area contributed by atoms with E-state index in [-0.39, 0.29) is 0 Å². The summed E-state index contributed by atoms with van der Waals surface area (Å²) in [7, 11) is 0. The van der Waals surface area contributed by atoms with Crippen molar-refractivity contribution >= 4 is 11.6 Å². The van der Waals surface area contributed by atoms with Crippen molar-refractivity contribution in [1.82, 2.24) is 9.97 Å². The van der Waals surface area contributed by atoms with Crippen molar-refractivity contribution in [2.45, 2.75) is 59.8 Å². The van der Waals surface area contributed by atoms with Gasteiger partial charge in [0.05, 0.1) is 0 Å². The summed E-state index contributed by atoms with van der Waals surface area (Å²) < 4.78 is 0. The Kier molecular flexibility index (Phi) is 5.43. The predicted molar refractivity (Wildman–Crippen MR) is 90.0 cm³/mol. The zero-order chi connectivity index (χ0) is 15.4. The van der Waals surface area contributed by atoms with Crippen LogP contribution in [-0.4, -0.2) is 23.1 Å². The molecule has 0 amide bonds. The van der Waals surface area contributed by atoms with Gasteiger partial charge in [0.1, 0.15) is 17.5 Å². The second-order valence-corrected chi connectivity index (χ2v) is 6.75. The van der Waals surface area contributed by atoms with E-state index in [0.717, 1.165) is 47.9 Å². The van der Waals surface area contributed by atoms with E-state index < -0.39 is 0 Å². The summed E-state index contributed by atoms with van der Waals surface area (Å²) >= 11 is 0. The maximum absolute atomic E-state index is 4.73. The summed E-state index contributed by atoms with van der Waals surface area (Å²) in [6, 6.07) is 0. The summed E-state index contributed by atoms with van der Waals surface area (Å²) in [5.41, 5.74) is 1.13. The van der Waals surface area contributed by atoms with Gasteiger partial charge in [-0.05, 0) is 38.5 Å². The number of hydrogen-bond acceptors (Lipinski definition) is 4. The molecule has 2 atom stereocenters. The third-order valence-electron chi connectivity index (χ3n) is 4.39. The third kappa shape index (κ3) is 4.08. The fourth-order valence-corrected chi connectivity index (χ4v) is 3.06. The molecule has 2 rings (SSSR count). The van der Waals surface area contributed by atoms with Crippen LogP contribution in [0.2, 0.25) is 0 Å². The Hall–Kier alpha value is -1.32. The molecule has 21 heavy (non-hydrogen) atoms. The molecule has 1 aromatic heterocycles. The zero-order valence-electron chi connectivity index (χ0n) is 14.2. The summed E-state index contributed by atoms with van der Waals surface area (Å²) in [5, 5.41) is 6.93. The van der Waals surface area contributed by atoms with Gasteiger partial charge in [-0.2, -0.15) is 0 Å². The fraction of sp³-hybridized carbons (Fsp3) is 0.765. The van der Waals surface area contributed by atoms with E-state index >= 15 is 0 Å². The van der Waals surface area contributed by atoms with Crippen LogP contribution in [0, 0.1) is 18.8 Å². The molecule has 1 saturated carbocycles. The monoisotopic (exact) mass is 290 g/mol. The van der Waals surface area contributed by atoms with Gasteiger partial charge in [-0.15, -0.1) is 0 Å². The van der Waals surface area contributed by atoms with Crippen LogP contribution in [0.15, 0.2) is 0 Å². The Bertz CT molecular complexity index is 470.